The van der Waals surface area contributed by atoms with Crippen LogP contribution >= 0.6 is 0 Å². The Kier molecular flexibility index (Phi) is 3.87. The van der Waals surface area contributed by atoms with Crippen molar-refractivity contribution in [1.29, 1.82) is 0 Å². The lowest BCUT2D eigenvalue weighted by Crippen LogP contribution is -2.35. The number of hydrogen-bond acceptors (Lipinski definition) is 3. The maximum atomic E-state index is 14.1. The third kappa shape index (κ3) is 2.90. The fourth-order valence-electron chi connectivity index (χ4n) is 3.56. The van der Waals surface area contributed by atoms with Gasteiger partial charge in [-0.3, -0.25) is 4.99 Å². The Morgan fingerprint density at radius 3 is 2.70 bits per heavy atom. The molecule has 1 aromatic carbocycles. The van der Waals surface area contributed by atoms with Crippen molar-refractivity contribution in [3.8, 4) is 0 Å². The smallest absolute Gasteiger partial charge is 0.417 e. The van der Waals surface area contributed by atoms with Gasteiger partial charge in [-0.05, 0) is 24.1 Å². The van der Waals surface area contributed by atoms with Crippen molar-refractivity contribution in [3.63, 3.8) is 0 Å². The molecule has 0 saturated carbocycles. The number of halogens is 6. The maximum Gasteiger partial charge on any atom is 0.417 e. The Morgan fingerprint density at radius 2 is 2.00 bits per heavy atom. The summed E-state index contributed by atoms with van der Waals surface area (Å²) in [5.74, 6) is -1.28. The number of benzene rings is 1. The van der Waals surface area contributed by atoms with E-state index >= 15 is 0 Å². The van der Waals surface area contributed by atoms with Crippen molar-refractivity contribution in [2.45, 2.75) is 24.7 Å². The Balaban J connectivity index is 1.82. The SMILES string of the molecule is Fc1cccc2c1C=CCC21CN2C=C(C(F)(F)F)C=C(OC(F)F)C2=N1. The summed E-state index contributed by atoms with van der Waals surface area (Å²) in [5.41, 5.74) is -1.43. The second-order valence-electron chi connectivity index (χ2n) is 6.37. The van der Waals surface area contributed by atoms with Crippen LogP contribution in [0, 0.1) is 5.82 Å². The van der Waals surface area contributed by atoms with E-state index in [1.165, 1.54) is 12.1 Å². The molecule has 1 unspecified atom stereocenters. The molecule has 1 atom stereocenters. The molecular formula is C18H12F6N2O. The molecule has 0 radical (unpaired) electrons. The molecule has 1 spiro atoms. The lowest BCUT2D eigenvalue weighted by molar-refractivity contribution is -0.0981. The van der Waals surface area contributed by atoms with E-state index < -0.39 is 35.5 Å². The van der Waals surface area contributed by atoms with E-state index in [0.29, 0.717) is 18.1 Å². The topological polar surface area (TPSA) is 24.8 Å². The van der Waals surface area contributed by atoms with Crippen molar-refractivity contribution in [2.24, 2.45) is 4.99 Å². The standard InChI is InChI=1S/C18H12F6N2O/c19-13-5-1-4-12-11(13)3-2-6-17(12)9-26-8-10(18(22,23)24)7-14(15(26)25-17)27-16(20)21/h1-5,7-8,16H,6,9H2. The Bertz CT molecular complexity index is 915. The van der Waals surface area contributed by atoms with Crippen molar-refractivity contribution in [3.05, 3.63) is 64.8 Å². The highest BCUT2D eigenvalue weighted by atomic mass is 19.4. The molecule has 0 saturated heterocycles. The van der Waals surface area contributed by atoms with Gasteiger partial charge in [-0.25, -0.2) is 4.39 Å². The van der Waals surface area contributed by atoms with E-state index in [0.717, 1.165) is 11.1 Å². The van der Waals surface area contributed by atoms with Gasteiger partial charge in [-0.2, -0.15) is 22.0 Å². The highest BCUT2D eigenvalue weighted by Gasteiger charge is 2.47. The Labute approximate surface area is 149 Å². The Hall–Kier alpha value is -2.71. The minimum Gasteiger partial charge on any atom is -0.431 e. The number of nitrogens with zero attached hydrogens (tertiary/aromatic N) is 2. The van der Waals surface area contributed by atoms with Crippen LogP contribution in [0.15, 0.2) is 52.9 Å². The van der Waals surface area contributed by atoms with Gasteiger partial charge < -0.3 is 9.64 Å². The first-order valence-corrected chi connectivity index (χ1v) is 7.97. The van der Waals surface area contributed by atoms with E-state index in [4.69, 9.17) is 0 Å². The second kappa shape index (κ2) is 5.90. The molecule has 0 amide bonds. The van der Waals surface area contributed by atoms with Crippen LogP contribution in [-0.2, 0) is 10.3 Å². The largest absolute Gasteiger partial charge is 0.431 e. The molecule has 4 rings (SSSR count). The highest BCUT2D eigenvalue weighted by molar-refractivity contribution is 6.00. The summed E-state index contributed by atoms with van der Waals surface area (Å²) in [5, 5.41) is 0. The number of ether oxygens (including phenoxy) is 1. The molecule has 9 heteroatoms. The number of hydrogen-bond donors (Lipinski definition) is 0. The van der Waals surface area contributed by atoms with Crippen LogP contribution in [-0.4, -0.2) is 30.1 Å². The molecule has 0 aromatic heterocycles. The van der Waals surface area contributed by atoms with E-state index in [1.54, 1.807) is 18.2 Å². The predicted molar refractivity (Wildman–Crippen MR) is 85.2 cm³/mol. The van der Waals surface area contributed by atoms with Crippen LogP contribution in [0.5, 0.6) is 0 Å². The summed E-state index contributed by atoms with van der Waals surface area (Å²) >= 11 is 0. The van der Waals surface area contributed by atoms with E-state index in [1.807, 2.05) is 0 Å². The van der Waals surface area contributed by atoms with E-state index in [9.17, 15) is 26.3 Å². The molecule has 3 nitrogen and oxygen atoms in total. The maximum absolute atomic E-state index is 14.1. The lowest BCUT2D eigenvalue weighted by Gasteiger charge is -2.31. The zero-order chi connectivity index (χ0) is 19.4. The fraction of sp³-hybridized carbons (Fsp3) is 0.278. The van der Waals surface area contributed by atoms with Crippen molar-refractivity contribution in [2.75, 3.05) is 6.54 Å². The fourth-order valence-corrected chi connectivity index (χ4v) is 3.56. The first-order chi connectivity index (χ1) is 12.7. The van der Waals surface area contributed by atoms with Gasteiger partial charge >= 0.3 is 12.8 Å². The predicted octanol–water partition coefficient (Wildman–Crippen LogP) is 4.73. The molecule has 0 N–H and O–H groups in total. The number of fused-ring (bicyclic) bond motifs is 3. The second-order valence-corrected chi connectivity index (χ2v) is 6.37. The quantitative estimate of drug-likeness (QED) is 0.687. The van der Waals surface area contributed by atoms with Crippen molar-refractivity contribution < 1.29 is 31.1 Å². The molecule has 0 bridgehead atoms. The summed E-state index contributed by atoms with van der Waals surface area (Å²) in [6, 6.07) is 4.39. The van der Waals surface area contributed by atoms with Crippen LogP contribution in [0.4, 0.5) is 26.3 Å². The number of allylic oxidation sites excluding steroid dienone is 2. The normalized spacial score (nSPS) is 23.8. The zero-order valence-corrected chi connectivity index (χ0v) is 13.6. The summed E-state index contributed by atoms with van der Waals surface area (Å²) in [6.45, 7) is -3.35. The van der Waals surface area contributed by atoms with Gasteiger partial charge in [0.25, 0.3) is 0 Å². The van der Waals surface area contributed by atoms with Gasteiger partial charge in [-0.15, -0.1) is 0 Å². The summed E-state index contributed by atoms with van der Waals surface area (Å²) < 4.78 is 83.3. The van der Waals surface area contributed by atoms with Crippen molar-refractivity contribution >= 4 is 11.9 Å². The first kappa shape index (κ1) is 17.7. The average molecular weight is 386 g/mol. The molecule has 27 heavy (non-hydrogen) atoms. The summed E-state index contributed by atoms with van der Waals surface area (Å²) in [4.78, 5) is 5.55. The van der Waals surface area contributed by atoms with Gasteiger partial charge in [0, 0.05) is 11.8 Å². The monoisotopic (exact) mass is 386 g/mol. The lowest BCUT2D eigenvalue weighted by atomic mass is 9.80. The van der Waals surface area contributed by atoms with Crippen LogP contribution in [0.1, 0.15) is 17.5 Å². The van der Waals surface area contributed by atoms with Gasteiger partial charge in [0.15, 0.2) is 11.6 Å². The third-order valence-corrected chi connectivity index (χ3v) is 4.66. The highest BCUT2D eigenvalue weighted by Crippen LogP contribution is 2.45. The third-order valence-electron chi connectivity index (χ3n) is 4.66. The van der Waals surface area contributed by atoms with Crippen LogP contribution in [0.3, 0.4) is 0 Å². The molecule has 1 aliphatic carbocycles. The van der Waals surface area contributed by atoms with Crippen LogP contribution in [0.25, 0.3) is 6.08 Å². The van der Waals surface area contributed by atoms with Crippen LogP contribution in [0.2, 0.25) is 0 Å². The molecule has 3 aliphatic rings. The van der Waals surface area contributed by atoms with Gasteiger partial charge in [0.2, 0.25) is 0 Å². The van der Waals surface area contributed by atoms with E-state index in [2.05, 4.69) is 9.73 Å². The van der Waals surface area contributed by atoms with E-state index in [-0.39, 0.29) is 17.9 Å². The number of aliphatic imine (C=N–C) groups is 1. The number of rotatable bonds is 2. The summed E-state index contributed by atoms with van der Waals surface area (Å²) in [7, 11) is 0. The Morgan fingerprint density at radius 1 is 1.22 bits per heavy atom. The van der Waals surface area contributed by atoms with Crippen molar-refractivity contribution in [1.82, 2.24) is 4.90 Å². The van der Waals surface area contributed by atoms with Gasteiger partial charge in [0.1, 0.15) is 11.4 Å². The average Bonchev–Trinajstić information content (AvgIpc) is 2.94. The summed E-state index contributed by atoms with van der Waals surface area (Å²) in [6.07, 6.45) is 0.112. The number of amidine groups is 1. The minimum absolute atomic E-state index is 0.0490. The molecule has 2 heterocycles. The van der Waals surface area contributed by atoms with Crippen LogP contribution < -0.4 is 0 Å². The minimum atomic E-state index is -4.74. The first-order valence-electron chi connectivity index (χ1n) is 7.97. The molecule has 0 fully saturated rings. The molecular weight excluding hydrogens is 374 g/mol. The van der Waals surface area contributed by atoms with Gasteiger partial charge in [-0.1, -0.05) is 24.3 Å². The number of alkyl halides is 5. The molecule has 142 valence electrons. The van der Waals surface area contributed by atoms with Gasteiger partial charge in [0.05, 0.1) is 12.1 Å². The molecule has 2 aliphatic heterocycles. The molecule has 1 aromatic rings. The zero-order valence-electron chi connectivity index (χ0n) is 13.6.